The van der Waals surface area contributed by atoms with Crippen LogP contribution >= 0.6 is 21.6 Å². The maximum absolute atomic E-state index is 16.6. The van der Waals surface area contributed by atoms with E-state index in [1.165, 1.54) is 22.1 Å². The molecule has 0 spiro atoms. The van der Waals surface area contributed by atoms with Crippen molar-refractivity contribution in [3.8, 4) is 28.7 Å². The van der Waals surface area contributed by atoms with Gasteiger partial charge in [0.2, 0.25) is 0 Å². The van der Waals surface area contributed by atoms with Crippen LogP contribution in [0.3, 0.4) is 0 Å². The second kappa shape index (κ2) is 23.6. The standard InChI is InChI=1S/C60H71N2O9S2/c1-5-40-14-15-41-10-8-11-43-34-72-73-35-45-27-54(66)60(46-22-39(31-61-3)23-47(63)28-46,30-36-13-17-51(64)53(25-36)71-48-12-7-9-38(24-48)33-70-6-2)59(68)56(45)57(67)44(21-37-19-20-62-32-37)26-42-16-18-52(65)58(69-4)50(42)29-49(40)55(41)43/h8,10-11,13-20,22-23,25,28,32,38,44-45,48,54,56-57,61,63-67H,5-7,9,12,21,24,26-27,29-31,33-35H2,1-4H3/q-1/t38-,44-,45+,48-,54-,56-,57+,60-/m1/s1. The summed E-state index contributed by atoms with van der Waals surface area (Å²) < 4.78 is 18.4. The normalized spacial score (nSPS) is 24.8. The van der Waals surface area contributed by atoms with E-state index in [2.05, 4.69) is 47.6 Å². The summed E-state index contributed by atoms with van der Waals surface area (Å²) in [5, 5.41) is 66.2. The summed E-state index contributed by atoms with van der Waals surface area (Å²) in [7, 11) is 6.76. The van der Waals surface area contributed by atoms with E-state index in [-0.39, 0.29) is 42.0 Å². The van der Waals surface area contributed by atoms with Crippen molar-refractivity contribution in [3.05, 3.63) is 147 Å². The number of carbonyl (C=O) groups excluding carboxylic acids is 1. The van der Waals surface area contributed by atoms with Gasteiger partial charge in [0.25, 0.3) is 0 Å². The maximum atomic E-state index is 16.6. The molecule has 1 aromatic heterocycles. The van der Waals surface area contributed by atoms with E-state index >= 15 is 4.79 Å². The highest BCUT2D eigenvalue weighted by Gasteiger charge is 2.57. The fourth-order valence-electron chi connectivity index (χ4n) is 12.4. The third kappa shape index (κ3) is 11.3. The molecule has 6 N–H and O–H groups in total. The number of aliphatic hydroxyl groups excluding tert-OH is 2. The van der Waals surface area contributed by atoms with Gasteiger partial charge in [0.15, 0.2) is 28.8 Å². The fourth-order valence-corrected chi connectivity index (χ4v) is 14.9. The number of aromatic hydroxyl groups is 3. The third-order valence-electron chi connectivity index (χ3n) is 15.9. The number of phenols is 3. The number of hydrogen-bond donors (Lipinski definition) is 6. The first-order chi connectivity index (χ1) is 35.4. The van der Waals surface area contributed by atoms with Crippen molar-refractivity contribution < 1.29 is 44.5 Å². The predicted octanol–water partition coefficient (Wildman–Crippen LogP) is 10.2. The lowest BCUT2D eigenvalue weighted by Gasteiger charge is -2.49. The van der Waals surface area contributed by atoms with Crippen LogP contribution in [-0.2, 0) is 59.3 Å². The van der Waals surface area contributed by atoms with Crippen molar-refractivity contribution in [1.82, 2.24) is 10.3 Å². The molecule has 0 bridgehead atoms. The summed E-state index contributed by atoms with van der Waals surface area (Å²) in [5.41, 5.74) is 6.41. The monoisotopic (exact) mass is 1030 g/mol. The molecule has 2 saturated carbocycles. The molecule has 6 aromatic rings. The molecule has 5 aromatic carbocycles. The largest absolute Gasteiger partial charge is 0.670 e. The molecule has 1 aliphatic heterocycles. The molecule has 0 amide bonds. The molecule has 0 saturated heterocycles. The number of Topliss-reactive ketones (excluding diaryl/α,β-unsaturated/α-hetero) is 1. The number of fused-ring (bicyclic) bond motifs is 2. The van der Waals surface area contributed by atoms with Crippen molar-refractivity contribution in [2.75, 3.05) is 33.1 Å². The number of ether oxygens (including phenoxy) is 3. The van der Waals surface area contributed by atoms with Gasteiger partial charge in [-0.25, -0.2) is 0 Å². The van der Waals surface area contributed by atoms with Gasteiger partial charge in [0.1, 0.15) is 5.75 Å². The first kappa shape index (κ1) is 52.7. The SMILES string of the molecule is CCOC[C@@H]1CCC[C@@H](Oc2cc(C[C@]3(c4cc(O)cc(CNC)c4)C(=O)[C@@H]4[C@H](CSSCc5cccc6ccc(CC)c(c56)Cc5c(ccc(O)c5OC)C[C@@H](Cc5cc[n-]c5)[C@@H]4O)C[C@H]3O)ccc2O)C1. The Morgan fingerprint density at radius 3 is 2.49 bits per heavy atom. The molecule has 9 rings (SSSR count). The topological polar surface area (TPSA) is 172 Å². The fraction of sp³-hybridized carbons (Fsp3) is 0.450. The van der Waals surface area contributed by atoms with Crippen molar-refractivity contribution >= 4 is 38.1 Å². The van der Waals surface area contributed by atoms with Crippen molar-refractivity contribution in [2.24, 2.45) is 23.7 Å². The lowest BCUT2D eigenvalue weighted by atomic mass is 9.55. The molecule has 11 nitrogen and oxygen atoms in total. The van der Waals surface area contributed by atoms with E-state index in [1.54, 1.807) is 77.5 Å². The smallest absolute Gasteiger partial charge is 0.164 e. The van der Waals surface area contributed by atoms with Crippen LogP contribution in [0.5, 0.6) is 28.7 Å². The van der Waals surface area contributed by atoms with Crippen LogP contribution in [0, 0.1) is 23.7 Å². The van der Waals surface area contributed by atoms with E-state index < -0.39 is 35.4 Å². The summed E-state index contributed by atoms with van der Waals surface area (Å²) in [6.07, 6.45) is 6.89. The highest BCUT2D eigenvalue weighted by molar-refractivity contribution is 8.76. The van der Waals surface area contributed by atoms with Crippen molar-refractivity contribution in [2.45, 2.75) is 114 Å². The van der Waals surface area contributed by atoms with Crippen LogP contribution in [-0.4, -0.2) is 82.8 Å². The van der Waals surface area contributed by atoms with Crippen LogP contribution in [0.1, 0.15) is 96.0 Å². The summed E-state index contributed by atoms with van der Waals surface area (Å²) in [5.74, 6) is -0.0576. The van der Waals surface area contributed by atoms with Crippen LogP contribution < -0.4 is 19.8 Å². The minimum atomic E-state index is -1.64. The number of benzene rings is 5. The number of aryl methyl sites for hydroxylation is 1. The molecule has 2 heterocycles. The molecule has 73 heavy (non-hydrogen) atoms. The van der Waals surface area contributed by atoms with Gasteiger partial charge in [-0.3, -0.25) is 4.79 Å². The van der Waals surface area contributed by atoms with E-state index in [4.69, 9.17) is 14.2 Å². The molecule has 0 unspecified atom stereocenters. The van der Waals surface area contributed by atoms with Gasteiger partial charge < -0.3 is 50.0 Å². The maximum Gasteiger partial charge on any atom is 0.164 e. The average Bonchev–Trinajstić information content (AvgIpc) is 3.90. The number of phenolic OH excluding ortho intramolecular Hbond substituents is 3. The molecule has 8 atom stereocenters. The number of methoxy groups -OCH3 is 1. The number of aromatic nitrogens is 1. The lowest BCUT2D eigenvalue weighted by molar-refractivity contribution is -0.149. The quantitative estimate of drug-likeness (QED) is 0.0570. The van der Waals surface area contributed by atoms with Gasteiger partial charge in [-0.15, -0.1) is 0 Å². The zero-order chi connectivity index (χ0) is 51.2. The Labute approximate surface area is 437 Å². The van der Waals surface area contributed by atoms with Gasteiger partial charge in [0, 0.05) is 49.2 Å². The Balaban J connectivity index is 1.17. The zero-order valence-corrected chi connectivity index (χ0v) is 44.2. The van der Waals surface area contributed by atoms with E-state index in [0.717, 1.165) is 59.7 Å². The van der Waals surface area contributed by atoms with Crippen molar-refractivity contribution in [1.29, 1.82) is 0 Å². The van der Waals surface area contributed by atoms with Crippen molar-refractivity contribution in [3.63, 3.8) is 0 Å². The van der Waals surface area contributed by atoms with Crippen LogP contribution in [0.4, 0.5) is 0 Å². The minimum absolute atomic E-state index is 0.0129. The van der Waals surface area contributed by atoms with E-state index in [0.29, 0.717) is 79.1 Å². The first-order valence-corrected chi connectivity index (χ1v) is 28.6. The van der Waals surface area contributed by atoms with Gasteiger partial charge in [-0.05, 0) is 170 Å². The second-order valence-electron chi connectivity index (χ2n) is 20.6. The summed E-state index contributed by atoms with van der Waals surface area (Å²) in [6, 6.07) is 26.7. The molecule has 2 fully saturated rings. The first-order valence-electron chi connectivity index (χ1n) is 26.1. The zero-order valence-electron chi connectivity index (χ0n) is 42.5. The Bertz CT molecular complexity index is 2860. The lowest BCUT2D eigenvalue weighted by Crippen LogP contribution is -2.61. The Kier molecular flexibility index (Phi) is 17.0. The summed E-state index contributed by atoms with van der Waals surface area (Å²) >= 11 is 0. The Morgan fingerprint density at radius 1 is 0.863 bits per heavy atom. The molecule has 0 radical (unpaired) electrons. The number of nitrogens with zero attached hydrogens (tertiary/aromatic N) is 1. The van der Waals surface area contributed by atoms with Crippen LogP contribution in [0.25, 0.3) is 10.8 Å². The third-order valence-corrected chi connectivity index (χ3v) is 18.4. The van der Waals surface area contributed by atoms with Crippen LogP contribution in [0.15, 0.2) is 97.3 Å². The Hall–Kier alpha value is -5.15. The second-order valence-corrected chi connectivity index (χ2v) is 23.1. The average molecular weight is 1030 g/mol. The van der Waals surface area contributed by atoms with E-state index in [9.17, 15) is 25.5 Å². The number of hydrogen-bond acceptors (Lipinski definition) is 12. The molecular weight excluding hydrogens is 957 g/mol. The molecule has 3 aliphatic rings. The number of nitrogens with one attached hydrogen (secondary N) is 1. The minimum Gasteiger partial charge on any atom is -0.670 e. The predicted molar refractivity (Wildman–Crippen MR) is 291 cm³/mol. The van der Waals surface area contributed by atoms with Gasteiger partial charge in [-0.2, -0.15) is 12.4 Å². The number of carbonyl (C=O) groups is 1. The van der Waals surface area contributed by atoms with Gasteiger partial charge >= 0.3 is 0 Å². The van der Waals surface area contributed by atoms with E-state index in [1.807, 2.05) is 32.2 Å². The molecule has 2 aliphatic carbocycles. The molecular formula is C60H71N2O9S2-. The van der Waals surface area contributed by atoms with Gasteiger partial charge in [0.05, 0.1) is 30.8 Å². The molecule has 388 valence electrons. The highest BCUT2D eigenvalue weighted by Crippen LogP contribution is 2.51. The van der Waals surface area contributed by atoms with Gasteiger partial charge in [-0.1, -0.05) is 88.7 Å². The van der Waals surface area contributed by atoms with Crippen LogP contribution in [0.2, 0.25) is 0 Å². The number of rotatable bonds is 14. The summed E-state index contributed by atoms with van der Waals surface area (Å²) in [6.45, 7) is 5.87. The Morgan fingerprint density at radius 2 is 1.71 bits per heavy atom. The summed E-state index contributed by atoms with van der Waals surface area (Å²) in [4.78, 5) is 21.0. The number of ketones is 1. The molecule has 13 heteroatoms. The number of aliphatic hydroxyl groups is 2. The highest BCUT2D eigenvalue weighted by atomic mass is 33.1.